The van der Waals surface area contributed by atoms with Crippen molar-refractivity contribution in [1.82, 2.24) is 0 Å². The summed E-state index contributed by atoms with van der Waals surface area (Å²) in [5.74, 6) is 0. The number of carboxylic acid groups (broad SMARTS) is 1. The summed E-state index contributed by atoms with van der Waals surface area (Å²) in [6.07, 6.45) is -8.63. The first-order valence-electron chi connectivity index (χ1n) is 2.45. The number of hydrogen-bond donors (Lipinski definition) is 1. The molecule has 0 atom stereocenters. The van der Waals surface area contributed by atoms with Crippen molar-refractivity contribution < 1.29 is 37.3 Å². The molecule has 0 bridgehead atoms. The Morgan fingerprint density at radius 2 is 1.83 bits per heavy atom. The van der Waals surface area contributed by atoms with E-state index in [9.17, 15) is 22.8 Å². The average molecular weight is 188 g/mol. The molecular weight excluding hydrogens is 185 g/mol. The lowest BCUT2D eigenvalue weighted by molar-refractivity contribution is -0.164. The fourth-order valence-electron chi connectivity index (χ4n) is 0.242. The van der Waals surface area contributed by atoms with Crippen molar-refractivity contribution in [2.45, 2.75) is 6.18 Å². The van der Waals surface area contributed by atoms with Crippen molar-refractivity contribution in [2.75, 3.05) is 6.61 Å². The highest BCUT2D eigenvalue weighted by Gasteiger charge is 2.30. The largest absolute Gasteiger partial charge is 0.518 e. The third kappa shape index (κ3) is 6.65. The van der Waals surface area contributed by atoms with E-state index in [-0.39, 0.29) is 0 Å². The molecule has 0 amide bonds. The van der Waals surface area contributed by atoms with Crippen LogP contribution in [-0.2, 0) is 9.47 Å². The Hall–Kier alpha value is -1.47. The zero-order valence-corrected chi connectivity index (χ0v) is 5.42. The van der Waals surface area contributed by atoms with Gasteiger partial charge >= 0.3 is 18.5 Å². The molecule has 0 fully saturated rings. The van der Waals surface area contributed by atoms with Gasteiger partial charge in [-0.15, -0.1) is 0 Å². The number of halogens is 3. The fourth-order valence-corrected chi connectivity index (χ4v) is 0.242. The molecule has 0 heterocycles. The Kier molecular flexibility index (Phi) is 3.32. The molecule has 0 aromatic rings. The van der Waals surface area contributed by atoms with Crippen LogP contribution in [0.2, 0.25) is 0 Å². The predicted molar refractivity (Wildman–Crippen MR) is 26.5 cm³/mol. The summed E-state index contributed by atoms with van der Waals surface area (Å²) in [6.45, 7) is -1.88. The first kappa shape index (κ1) is 10.5. The molecule has 0 aromatic carbocycles. The Labute approximate surface area is 63.7 Å². The van der Waals surface area contributed by atoms with Crippen LogP contribution >= 0.6 is 0 Å². The van der Waals surface area contributed by atoms with E-state index in [1.165, 1.54) is 0 Å². The summed E-state index contributed by atoms with van der Waals surface area (Å²) < 4.78 is 40.4. The Morgan fingerprint density at radius 3 is 2.17 bits per heavy atom. The molecule has 70 valence electrons. The highest BCUT2D eigenvalue weighted by atomic mass is 19.4. The van der Waals surface area contributed by atoms with E-state index in [2.05, 4.69) is 9.47 Å². The van der Waals surface area contributed by atoms with E-state index in [1.54, 1.807) is 0 Å². The minimum Gasteiger partial charge on any atom is -0.449 e. The molecule has 0 radical (unpaired) electrons. The standard InChI is InChI=1S/C4H3F3O5/c5-4(6,7)1-11-3(10)12-2(8)9/h1H2,(H,8,9). The molecule has 0 spiro atoms. The molecule has 0 saturated heterocycles. The Bertz CT molecular complexity index is 186. The minimum atomic E-state index is -4.70. The molecular formula is C4H3F3O5. The maximum Gasteiger partial charge on any atom is 0.518 e. The van der Waals surface area contributed by atoms with Gasteiger partial charge in [0.05, 0.1) is 0 Å². The Balaban J connectivity index is 3.65. The van der Waals surface area contributed by atoms with Crippen LogP contribution in [0.3, 0.4) is 0 Å². The van der Waals surface area contributed by atoms with Crippen molar-refractivity contribution in [2.24, 2.45) is 0 Å². The van der Waals surface area contributed by atoms with Gasteiger partial charge in [0.15, 0.2) is 6.61 Å². The lowest BCUT2D eigenvalue weighted by atomic mass is 10.7. The van der Waals surface area contributed by atoms with Gasteiger partial charge in [-0.1, -0.05) is 0 Å². The van der Waals surface area contributed by atoms with Crippen LogP contribution in [0.25, 0.3) is 0 Å². The van der Waals surface area contributed by atoms with Crippen molar-refractivity contribution in [3.05, 3.63) is 0 Å². The van der Waals surface area contributed by atoms with E-state index >= 15 is 0 Å². The molecule has 1 N–H and O–H groups in total. The number of rotatable bonds is 1. The van der Waals surface area contributed by atoms with E-state index < -0.39 is 25.1 Å². The van der Waals surface area contributed by atoms with Crippen molar-refractivity contribution >= 4 is 12.3 Å². The van der Waals surface area contributed by atoms with Crippen molar-refractivity contribution in [3.8, 4) is 0 Å². The second kappa shape index (κ2) is 3.79. The second-order valence-corrected chi connectivity index (χ2v) is 1.52. The van der Waals surface area contributed by atoms with Crippen LogP contribution in [0.15, 0.2) is 0 Å². The fraction of sp³-hybridized carbons (Fsp3) is 0.500. The highest BCUT2D eigenvalue weighted by Crippen LogP contribution is 2.14. The van der Waals surface area contributed by atoms with Gasteiger partial charge in [-0.05, 0) is 0 Å². The number of carbonyl (C=O) groups is 2. The summed E-state index contributed by atoms with van der Waals surface area (Å²) in [5.41, 5.74) is 0. The van der Waals surface area contributed by atoms with Crippen LogP contribution in [0.4, 0.5) is 22.8 Å². The van der Waals surface area contributed by atoms with Crippen LogP contribution in [0.1, 0.15) is 0 Å². The Morgan fingerprint density at radius 1 is 1.33 bits per heavy atom. The van der Waals surface area contributed by atoms with Crippen LogP contribution in [0.5, 0.6) is 0 Å². The van der Waals surface area contributed by atoms with Gasteiger partial charge in [0.2, 0.25) is 0 Å². The first-order valence-corrected chi connectivity index (χ1v) is 2.45. The monoisotopic (exact) mass is 188 g/mol. The van der Waals surface area contributed by atoms with Crippen LogP contribution < -0.4 is 0 Å². The lowest BCUT2D eigenvalue weighted by Gasteiger charge is -2.05. The van der Waals surface area contributed by atoms with Gasteiger partial charge < -0.3 is 14.6 Å². The maximum absolute atomic E-state index is 11.3. The normalized spacial score (nSPS) is 10.6. The highest BCUT2D eigenvalue weighted by molar-refractivity contribution is 5.75. The molecule has 5 nitrogen and oxygen atoms in total. The molecule has 12 heavy (non-hydrogen) atoms. The summed E-state index contributed by atoms with van der Waals surface area (Å²) in [4.78, 5) is 19.5. The molecule has 8 heteroatoms. The van der Waals surface area contributed by atoms with Crippen molar-refractivity contribution in [3.63, 3.8) is 0 Å². The van der Waals surface area contributed by atoms with Crippen LogP contribution in [0, 0.1) is 0 Å². The maximum atomic E-state index is 11.3. The lowest BCUT2D eigenvalue weighted by Crippen LogP contribution is -2.22. The number of hydrogen-bond acceptors (Lipinski definition) is 4. The molecule has 0 aliphatic rings. The van der Waals surface area contributed by atoms with E-state index in [1.807, 2.05) is 0 Å². The predicted octanol–water partition coefficient (Wildman–Crippen LogP) is 1.38. The first-order chi connectivity index (χ1) is 5.31. The molecule has 0 saturated carbocycles. The third-order valence-electron chi connectivity index (χ3n) is 0.524. The van der Waals surface area contributed by atoms with E-state index in [0.29, 0.717) is 0 Å². The summed E-state index contributed by atoms with van der Waals surface area (Å²) >= 11 is 0. The number of carbonyl (C=O) groups excluding carboxylic acids is 1. The SMILES string of the molecule is O=C(O)OC(=O)OCC(F)(F)F. The minimum absolute atomic E-state index is 1.88. The molecule has 0 aliphatic carbocycles. The van der Waals surface area contributed by atoms with E-state index in [4.69, 9.17) is 5.11 Å². The van der Waals surface area contributed by atoms with Gasteiger partial charge in [0.25, 0.3) is 0 Å². The number of alkyl halides is 3. The zero-order valence-electron chi connectivity index (χ0n) is 5.42. The van der Waals surface area contributed by atoms with Gasteiger partial charge in [-0.3, -0.25) is 0 Å². The second-order valence-electron chi connectivity index (χ2n) is 1.52. The topological polar surface area (TPSA) is 72.8 Å². The van der Waals surface area contributed by atoms with Crippen molar-refractivity contribution in [1.29, 1.82) is 0 Å². The van der Waals surface area contributed by atoms with E-state index in [0.717, 1.165) is 0 Å². The van der Waals surface area contributed by atoms with Gasteiger partial charge in [0, 0.05) is 0 Å². The molecule has 0 aliphatic heterocycles. The quantitative estimate of drug-likeness (QED) is 0.497. The third-order valence-corrected chi connectivity index (χ3v) is 0.524. The average Bonchev–Trinajstić information content (AvgIpc) is 1.80. The van der Waals surface area contributed by atoms with Gasteiger partial charge in [0.1, 0.15) is 0 Å². The molecule has 0 aromatic heterocycles. The zero-order chi connectivity index (χ0) is 9.78. The molecule has 0 rings (SSSR count). The summed E-state index contributed by atoms with van der Waals surface area (Å²) in [7, 11) is 0. The van der Waals surface area contributed by atoms with Gasteiger partial charge in [-0.25, -0.2) is 9.59 Å². The molecule has 0 unspecified atom stereocenters. The summed E-state index contributed by atoms with van der Waals surface area (Å²) in [5, 5.41) is 7.71. The summed E-state index contributed by atoms with van der Waals surface area (Å²) in [6, 6.07) is 0. The van der Waals surface area contributed by atoms with Crippen LogP contribution in [-0.4, -0.2) is 30.2 Å². The number of ether oxygens (including phenoxy) is 2. The van der Waals surface area contributed by atoms with Gasteiger partial charge in [-0.2, -0.15) is 13.2 Å². The smallest absolute Gasteiger partial charge is 0.449 e.